The lowest BCUT2D eigenvalue weighted by atomic mass is 10.1. The molecular weight excluding hydrogens is 237 g/mol. The van der Waals surface area contributed by atoms with Crippen LogP contribution in [-0.2, 0) is 0 Å². The molecule has 0 rings (SSSR count). The van der Waals surface area contributed by atoms with Crippen molar-refractivity contribution in [1.82, 2.24) is 10.2 Å². The first-order valence-corrected chi connectivity index (χ1v) is 5.10. The van der Waals surface area contributed by atoms with Gasteiger partial charge in [-0.3, -0.25) is 0 Å². The molecule has 0 bridgehead atoms. The Labute approximate surface area is 98.4 Å². The van der Waals surface area contributed by atoms with Crippen LogP contribution in [0.1, 0.15) is 6.92 Å². The maximum Gasteiger partial charge on any atom is 0.400 e. The first-order chi connectivity index (χ1) is 7.68. The van der Waals surface area contributed by atoms with E-state index in [1.54, 1.807) is 6.92 Å². The number of hydrogen-bond acceptors (Lipinski definition) is 4. The molecule has 102 valence electrons. The SMILES string of the molecule is CC(CN(C)C)NCC(C(N)=NO)C(F)(F)F. The van der Waals surface area contributed by atoms with Crippen LogP contribution in [0.2, 0.25) is 0 Å². The number of nitrogens with zero attached hydrogens (tertiary/aromatic N) is 2. The predicted octanol–water partition coefficient (Wildman–Crippen LogP) is 0.451. The minimum Gasteiger partial charge on any atom is -0.409 e. The van der Waals surface area contributed by atoms with E-state index in [1.807, 2.05) is 19.0 Å². The second-order valence-electron chi connectivity index (χ2n) is 4.19. The molecule has 2 unspecified atom stereocenters. The molecule has 0 aromatic carbocycles. The van der Waals surface area contributed by atoms with Gasteiger partial charge in [-0.15, -0.1) is 0 Å². The van der Waals surface area contributed by atoms with Gasteiger partial charge >= 0.3 is 6.18 Å². The number of halogens is 3. The molecule has 0 aliphatic carbocycles. The van der Waals surface area contributed by atoms with Crippen LogP contribution in [0.5, 0.6) is 0 Å². The molecule has 0 aliphatic rings. The van der Waals surface area contributed by atoms with E-state index in [2.05, 4.69) is 10.5 Å². The number of hydrogen-bond donors (Lipinski definition) is 3. The summed E-state index contributed by atoms with van der Waals surface area (Å²) in [4.78, 5) is 1.85. The van der Waals surface area contributed by atoms with Crippen molar-refractivity contribution in [2.75, 3.05) is 27.2 Å². The summed E-state index contributed by atoms with van der Waals surface area (Å²) >= 11 is 0. The van der Waals surface area contributed by atoms with Crippen LogP contribution in [0, 0.1) is 5.92 Å². The summed E-state index contributed by atoms with van der Waals surface area (Å²) in [6, 6.07) is -0.124. The fourth-order valence-electron chi connectivity index (χ4n) is 1.39. The lowest BCUT2D eigenvalue weighted by Gasteiger charge is -2.23. The Morgan fingerprint density at radius 2 is 2.00 bits per heavy atom. The van der Waals surface area contributed by atoms with Crippen molar-refractivity contribution < 1.29 is 18.4 Å². The van der Waals surface area contributed by atoms with Gasteiger partial charge in [-0.25, -0.2) is 0 Å². The van der Waals surface area contributed by atoms with E-state index in [4.69, 9.17) is 10.9 Å². The highest BCUT2D eigenvalue weighted by atomic mass is 19.4. The first-order valence-electron chi connectivity index (χ1n) is 5.10. The minimum absolute atomic E-state index is 0.124. The third-order valence-electron chi connectivity index (χ3n) is 2.18. The number of nitrogens with two attached hydrogens (primary N) is 1. The van der Waals surface area contributed by atoms with Gasteiger partial charge < -0.3 is 21.2 Å². The van der Waals surface area contributed by atoms with E-state index in [1.165, 1.54) is 0 Å². The van der Waals surface area contributed by atoms with Crippen molar-refractivity contribution in [2.24, 2.45) is 16.8 Å². The van der Waals surface area contributed by atoms with E-state index >= 15 is 0 Å². The largest absolute Gasteiger partial charge is 0.409 e. The molecule has 0 radical (unpaired) electrons. The number of likely N-dealkylation sites (N-methyl/N-ethyl adjacent to an activating group) is 1. The van der Waals surface area contributed by atoms with Crippen LogP contribution in [0.3, 0.4) is 0 Å². The van der Waals surface area contributed by atoms with Gasteiger partial charge in [-0.05, 0) is 21.0 Å². The molecule has 0 aromatic rings. The van der Waals surface area contributed by atoms with Crippen LogP contribution in [0.15, 0.2) is 5.16 Å². The third-order valence-corrected chi connectivity index (χ3v) is 2.18. The highest BCUT2D eigenvalue weighted by Gasteiger charge is 2.42. The zero-order valence-electron chi connectivity index (χ0n) is 10.1. The van der Waals surface area contributed by atoms with Crippen molar-refractivity contribution in [3.8, 4) is 0 Å². The molecule has 0 aromatic heterocycles. The maximum absolute atomic E-state index is 12.5. The van der Waals surface area contributed by atoms with E-state index in [0.717, 1.165) is 0 Å². The molecule has 17 heavy (non-hydrogen) atoms. The van der Waals surface area contributed by atoms with Gasteiger partial charge in [0, 0.05) is 19.1 Å². The molecule has 8 heteroatoms. The fourth-order valence-corrected chi connectivity index (χ4v) is 1.39. The van der Waals surface area contributed by atoms with Gasteiger partial charge in [0.2, 0.25) is 0 Å². The molecule has 5 nitrogen and oxygen atoms in total. The molecule has 4 N–H and O–H groups in total. The van der Waals surface area contributed by atoms with Crippen molar-refractivity contribution in [3.05, 3.63) is 0 Å². The summed E-state index contributed by atoms with van der Waals surface area (Å²) in [5.41, 5.74) is 5.02. The van der Waals surface area contributed by atoms with Crippen molar-refractivity contribution in [3.63, 3.8) is 0 Å². The Morgan fingerprint density at radius 3 is 2.35 bits per heavy atom. The summed E-state index contributed by atoms with van der Waals surface area (Å²) in [5.74, 6) is -2.81. The van der Waals surface area contributed by atoms with Crippen molar-refractivity contribution in [1.29, 1.82) is 0 Å². The van der Waals surface area contributed by atoms with E-state index in [9.17, 15) is 13.2 Å². The smallest absolute Gasteiger partial charge is 0.400 e. The Morgan fingerprint density at radius 1 is 1.47 bits per heavy atom. The Bertz CT molecular complexity index is 255. The average Bonchev–Trinajstić information content (AvgIpc) is 2.14. The molecule has 2 atom stereocenters. The van der Waals surface area contributed by atoms with E-state index in [-0.39, 0.29) is 6.04 Å². The third kappa shape index (κ3) is 6.32. The zero-order chi connectivity index (χ0) is 13.6. The molecule has 0 fully saturated rings. The normalized spacial score (nSPS) is 17.2. The first kappa shape index (κ1) is 16.0. The molecule has 0 saturated carbocycles. The van der Waals surface area contributed by atoms with E-state index < -0.39 is 24.5 Å². The highest BCUT2D eigenvalue weighted by molar-refractivity contribution is 5.83. The summed E-state index contributed by atoms with van der Waals surface area (Å²) in [7, 11) is 3.64. The Balaban J connectivity index is 4.38. The Kier molecular flexibility index (Phi) is 6.25. The quantitative estimate of drug-likeness (QED) is 0.279. The molecule has 0 spiro atoms. The summed E-state index contributed by atoms with van der Waals surface area (Å²) < 4.78 is 37.6. The van der Waals surface area contributed by atoms with Gasteiger partial charge in [-0.2, -0.15) is 13.2 Å². The lowest BCUT2D eigenvalue weighted by molar-refractivity contribution is -0.155. The molecule has 0 heterocycles. The summed E-state index contributed by atoms with van der Waals surface area (Å²) in [5, 5.41) is 13.4. The van der Waals surface area contributed by atoms with Crippen LogP contribution >= 0.6 is 0 Å². The number of alkyl halides is 3. The lowest BCUT2D eigenvalue weighted by Crippen LogP contribution is -2.46. The summed E-state index contributed by atoms with van der Waals surface area (Å²) in [6.45, 7) is 1.95. The van der Waals surface area contributed by atoms with Gasteiger partial charge in [0.1, 0.15) is 5.92 Å². The molecule has 0 saturated heterocycles. The monoisotopic (exact) mass is 256 g/mol. The second-order valence-corrected chi connectivity index (χ2v) is 4.19. The average molecular weight is 256 g/mol. The van der Waals surface area contributed by atoms with Crippen LogP contribution < -0.4 is 11.1 Å². The molecule has 0 amide bonds. The zero-order valence-corrected chi connectivity index (χ0v) is 10.1. The second kappa shape index (κ2) is 6.65. The molecular formula is C9H19F3N4O. The van der Waals surface area contributed by atoms with Crippen molar-refractivity contribution in [2.45, 2.75) is 19.1 Å². The van der Waals surface area contributed by atoms with Crippen molar-refractivity contribution >= 4 is 5.84 Å². The number of nitrogens with one attached hydrogen (secondary N) is 1. The van der Waals surface area contributed by atoms with Gasteiger partial charge in [-0.1, -0.05) is 5.16 Å². The Hall–Kier alpha value is -1.02. The van der Waals surface area contributed by atoms with Gasteiger partial charge in [0.05, 0.1) is 0 Å². The minimum atomic E-state index is -4.53. The molecule has 0 aliphatic heterocycles. The fraction of sp³-hybridized carbons (Fsp3) is 0.889. The standard InChI is InChI=1S/C9H19F3N4O/c1-6(5-16(2)3)14-4-7(8(13)15-17)9(10,11)12/h6-7,14,17H,4-5H2,1-3H3,(H2,13,15). The van der Waals surface area contributed by atoms with Crippen LogP contribution in [-0.4, -0.2) is 55.3 Å². The van der Waals surface area contributed by atoms with Crippen LogP contribution in [0.4, 0.5) is 13.2 Å². The van der Waals surface area contributed by atoms with E-state index in [0.29, 0.717) is 6.54 Å². The van der Waals surface area contributed by atoms with Gasteiger partial charge in [0.25, 0.3) is 0 Å². The van der Waals surface area contributed by atoms with Crippen LogP contribution in [0.25, 0.3) is 0 Å². The van der Waals surface area contributed by atoms with Gasteiger partial charge in [0.15, 0.2) is 5.84 Å². The number of rotatable bonds is 6. The number of amidine groups is 1. The summed E-state index contributed by atoms with van der Waals surface area (Å²) in [6.07, 6.45) is -4.53. The maximum atomic E-state index is 12.5. The topological polar surface area (TPSA) is 73.9 Å². The highest BCUT2D eigenvalue weighted by Crippen LogP contribution is 2.25. The predicted molar refractivity (Wildman–Crippen MR) is 59.0 cm³/mol. The number of oxime groups is 1.